The number of benzene rings is 1. The first-order chi connectivity index (χ1) is 11.2. The second-order valence-corrected chi connectivity index (χ2v) is 5.85. The van der Waals surface area contributed by atoms with Crippen LogP contribution in [0.2, 0.25) is 0 Å². The minimum absolute atomic E-state index is 0.105. The lowest BCUT2D eigenvalue weighted by Crippen LogP contribution is -2.26. The van der Waals surface area contributed by atoms with Gasteiger partial charge in [0.1, 0.15) is 10.5 Å². The van der Waals surface area contributed by atoms with Crippen molar-refractivity contribution in [1.29, 1.82) is 0 Å². The summed E-state index contributed by atoms with van der Waals surface area (Å²) in [7, 11) is 0. The third-order valence-electron chi connectivity index (χ3n) is 3.20. The smallest absolute Gasteiger partial charge is 0.277 e. The number of aryl methyl sites for hydroxylation is 2. The Labute approximate surface area is 135 Å². The van der Waals surface area contributed by atoms with Crippen molar-refractivity contribution >= 4 is 33.3 Å². The van der Waals surface area contributed by atoms with Crippen LogP contribution in [0.15, 0.2) is 29.1 Å². The summed E-state index contributed by atoms with van der Waals surface area (Å²) in [5.74, 6) is -0.245. The number of aromatic nitrogens is 5. The molecule has 0 fully saturated rings. The molecule has 0 radical (unpaired) electrons. The van der Waals surface area contributed by atoms with Gasteiger partial charge in [-0.1, -0.05) is 35.6 Å². The normalized spacial score (nSPS) is 10.8. The minimum atomic E-state index is -0.257. The molecule has 1 N–H and O–H groups in total. The molecule has 0 bridgehead atoms. The zero-order valence-electron chi connectivity index (χ0n) is 12.4. The highest BCUT2D eigenvalue weighted by Crippen LogP contribution is 2.15. The fourth-order valence-corrected chi connectivity index (χ4v) is 2.70. The first-order valence-corrected chi connectivity index (χ1v) is 7.94. The molecular weight excluding hydrogens is 316 g/mol. The molecule has 2 aromatic heterocycles. The van der Waals surface area contributed by atoms with Crippen molar-refractivity contribution < 1.29 is 4.79 Å². The molecule has 0 atom stereocenters. The van der Waals surface area contributed by atoms with E-state index < -0.39 is 0 Å². The molecule has 0 saturated carbocycles. The molecule has 9 heteroatoms. The van der Waals surface area contributed by atoms with E-state index in [1.54, 1.807) is 24.3 Å². The number of hydrogen-bond donors (Lipinski definition) is 1. The van der Waals surface area contributed by atoms with Crippen LogP contribution in [0.1, 0.15) is 18.4 Å². The molecular formula is C14H14N6O2S. The van der Waals surface area contributed by atoms with Crippen LogP contribution in [0, 0.1) is 0 Å². The van der Waals surface area contributed by atoms with Crippen molar-refractivity contribution in [1.82, 2.24) is 25.2 Å². The molecule has 0 aliphatic heterocycles. The van der Waals surface area contributed by atoms with Gasteiger partial charge in [0, 0.05) is 6.42 Å². The van der Waals surface area contributed by atoms with Gasteiger partial charge in [0.15, 0.2) is 0 Å². The summed E-state index contributed by atoms with van der Waals surface area (Å²) in [5.41, 5.74) is 0.284. The van der Waals surface area contributed by atoms with Crippen LogP contribution < -0.4 is 10.9 Å². The molecule has 23 heavy (non-hydrogen) atoms. The second kappa shape index (κ2) is 6.61. The maximum absolute atomic E-state index is 12.2. The first kappa shape index (κ1) is 15.2. The van der Waals surface area contributed by atoms with Gasteiger partial charge in [0.25, 0.3) is 5.56 Å². The molecule has 1 aromatic carbocycles. The molecule has 118 valence electrons. The fourth-order valence-electron chi connectivity index (χ4n) is 2.01. The van der Waals surface area contributed by atoms with Crippen LogP contribution in [-0.2, 0) is 17.8 Å². The maximum Gasteiger partial charge on any atom is 0.277 e. The van der Waals surface area contributed by atoms with Gasteiger partial charge in [-0.25, -0.2) is 4.68 Å². The molecule has 0 saturated heterocycles. The summed E-state index contributed by atoms with van der Waals surface area (Å²) in [6.07, 6.45) is 0.879. The topological polar surface area (TPSA) is 103 Å². The lowest BCUT2D eigenvalue weighted by molar-refractivity contribution is -0.116. The largest absolute Gasteiger partial charge is 0.300 e. The Balaban J connectivity index is 1.67. The summed E-state index contributed by atoms with van der Waals surface area (Å²) in [6.45, 7) is 2.12. The zero-order chi connectivity index (χ0) is 16.2. The zero-order valence-corrected chi connectivity index (χ0v) is 13.2. The molecule has 0 unspecified atom stereocenters. The number of fused-ring (bicyclic) bond motifs is 1. The standard InChI is InChI=1S/C14H14N6O2S/c1-2-12-17-18-14(23-12)15-11(21)7-8-20-13(22)9-5-3-4-6-10(9)16-19-20/h3-6H,2,7-8H2,1H3,(H,15,18,21). The summed E-state index contributed by atoms with van der Waals surface area (Å²) < 4.78 is 1.19. The number of nitrogens with one attached hydrogen (secondary N) is 1. The number of anilines is 1. The van der Waals surface area contributed by atoms with Crippen LogP contribution >= 0.6 is 11.3 Å². The van der Waals surface area contributed by atoms with Crippen molar-refractivity contribution in [2.24, 2.45) is 0 Å². The number of carbonyl (C=O) groups is 1. The first-order valence-electron chi connectivity index (χ1n) is 7.12. The van der Waals surface area contributed by atoms with Crippen LogP contribution in [-0.4, -0.2) is 31.1 Å². The van der Waals surface area contributed by atoms with E-state index in [0.29, 0.717) is 16.0 Å². The van der Waals surface area contributed by atoms with E-state index in [4.69, 9.17) is 0 Å². The van der Waals surface area contributed by atoms with E-state index in [0.717, 1.165) is 11.4 Å². The van der Waals surface area contributed by atoms with Gasteiger partial charge in [-0.2, -0.15) is 0 Å². The van der Waals surface area contributed by atoms with Crippen molar-refractivity contribution in [3.63, 3.8) is 0 Å². The summed E-state index contributed by atoms with van der Waals surface area (Å²) in [6, 6.07) is 6.97. The second-order valence-electron chi connectivity index (χ2n) is 4.79. The Morgan fingerprint density at radius 2 is 2.09 bits per heavy atom. The Hall–Kier alpha value is -2.68. The van der Waals surface area contributed by atoms with Crippen molar-refractivity contribution in [3.8, 4) is 0 Å². The monoisotopic (exact) mass is 330 g/mol. The average Bonchev–Trinajstić information content (AvgIpc) is 3.02. The molecule has 0 aliphatic rings. The Kier molecular flexibility index (Phi) is 4.38. The minimum Gasteiger partial charge on any atom is -0.300 e. The number of rotatable bonds is 5. The molecule has 0 spiro atoms. The molecule has 3 rings (SSSR count). The lowest BCUT2D eigenvalue weighted by atomic mass is 10.2. The van der Waals surface area contributed by atoms with Crippen LogP contribution in [0.4, 0.5) is 5.13 Å². The van der Waals surface area contributed by atoms with E-state index in [9.17, 15) is 9.59 Å². The number of carbonyl (C=O) groups excluding carboxylic acids is 1. The molecule has 3 aromatic rings. The van der Waals surface area contributed by atoms with Gasteiger partial charge >= 0.3 is 0 Å². The molecule has 2 heterocycles. The highest BCUT2D eigenvalue weighted by atomic mass is 32.1. The van der Waals surface area contributed by atoms with E-state index in [2.05, 4.69) is 25.8 Å². The average molecular weight is 330 g/mol. The summed E-state index contributed by atoms with van der Waals surface area (Å²) in [4.78, 5) is 24.2. The molecule has 0 aliphatic carbocycles. The van der Waals surface area contributed by atoms with E-state index >= 15 is 0 Å². The van der Waals surface area contributed by atoms with Crippen molar-refractivity contribution in [3.05, 3.63) is 39.6 Å². The third kappa shape index (κ3) is 3.39. The number of amides is 1. The van der Waals surface area contributed by atoms with Gasteiger partial charge < -0.3 is 5.32 Å². The van der Waals surface area contributed by atoms with Crippen molar-refractivity contribution in [2.45, 2.75) is 26.3 Å². The number of hydrogen-bond acceptors (Lipinski definition) is 7. The van der Waals surface area contributed by atoms with Gasteiger partial charge in [-0.15, -0.1) is 15.3 Å². The van der Waals surface area contributed by atoms with Crippen LogP contribution in [0.25, 0.3) is 10.9 Å². The van der Waals surface area contributed by atoms with Gasteiger partial charge in [-0.05, 0) is 18.6 Å². The predicted molar refractivity (Wildman–Crippen MR) is 86.3 cm³/mol. The fraction of sp³-hybridized carbons (Fsp3) is 0.286. The molecule has 1 amide bonds. The predicted octanol–water partition coefficient (Wildman–Crippen LogP) is 1.23. The lowest BCUT2D eigenvalue weighted by Gasteiger charge is -2.04. The van der Waals surface area contributed by atoms with E-state index in [1.807, 2.05) is 6.92 Å². The maximum atomic E-state index is 12.2. The Bertz CT molecular complexity index is 903. The molecule has 8 nitrogen and oxygen atoms in total. The Morgan fingerprint density at radius 3 is 2.87 bits per heavy atom. The highest BCUT2D eigenvalue weighted by molar-refractivity contribution is 7.15. The van der Waals surface area contributed by atoms with Crippen LogP contribution in [0.5, 0.6) is 0 Å². The van der Waals surface area contributed by atoms with Crippen LogP contribution in [0.3, 0.4) is 0 Å². The van der Waals surface area contributed by atoms with E-state index in [-0.39, 0.29) is 24.4 Å². The summed E-state index contributed by atoms with van der Waals surface area (Å²) in [5, 5.41) is 20.1. The van der Waals surface area contributed by atoms with Gasteiger partial charge in [0.2, 0.25) is 11.0 Å². The Morgan fingerprint density at radius 1 is 1.26 bits per heavy atom. The van der Waals surface area contributed by atoms with E-state index in [1.165, 1.54) is 16.0 Å². The quantitative estimate of drug-likeness (QED) is 0.755. The van der Waals surface area contributed by atoms with Gasteiger partial charge in [-0.3, -0.25) is 9.59 Å². The SMILES string of the molecule is CCc1nnc(NC(=O)CCn2nnc3ccccc3c2=O)s1. The van der Waals surface area contributed by atoms with Gasteiger partial charge in [0.05, 0.1) is 11.9 Å². The van der Waals surface area contributed by atoms with Crippen molar-refractivity contribution in [2.75, 3.05) is 5.32 Å². The summed E-state index contributed by atoms with van der Waals surface area (Å²) >= 11 is 1.34. The third-order valence-corrected chi connectivity index (χ3v) is 4.18. The highest BCUT2D eigenvalue weighted by Gasteiger charge is 2.10. The number of nitrogens with zero attached hydrogens (tertiary/aromatic N) is 5.